The molecule has 16 heavy (non-hydrogen) atoms. The van der Waals surface area contributed by atoms with E-state index in [1.54, 1.807) is 23.1 Å². The van der Waals surface area contributed by atoms with E-state index < -0.39 is 0 Å². The zero-order valence-corrected chi connectivity index (χ0v) is 10.4. The Kier molecular flexibility index (Phi) is 4.38. The molecule has 4 nitrogen and oxygen atoms in total. The van der Waals surface area contributed by atoms with Crippen LogP contribution in [0.3, 0.4) is 0 Å². The van der Waals surface area contributed by atoms with Crippen LogP contribution in [0.15, 0.2) is 21.9 Å². The molecule has 0 radical (unpaired) electrons. The predicted molar refractivity (Wildman–Crippen MR) is 67.4 cm³/mol. The van der Waals surface area contributed by atoms with Crippen LogP contribution < -0.4 is 5.73 Å². The Morgan fingerprint density at radius 1 is 1.44 bits per heavy atom. The SMILES string of the molecule is NCCCSCc1nnc(-c2cccs2)o1. The van der Waals surface area contributed by atoms with E-state index in [0.29, 0.717) is 11.8 Å². The summed E-state index contributed by atoms with van der Waals surface area (Å²) in [6, 6.07) is 3.95. The summed E-state index contributed by atoms with van der Waals surface area (Å²) in [6.07, 6.45) is 1.02. The van der Waals surface area contributed by atoms with Crippen molar-refractivity contribution in [2.75, 3.05) is 12.3 Å². The molecule has 2 rings (SSSR count). The standard InChI is InChI=1S/C10H13N3OS2/c11-4-2-5-15-7-9-12-13-10(14-9)8-3-1-6-16-8/h1,3,6H,2,4-5,7,11H2. The number of nitrogens with two attached hydrogens (primary N) is 1. The molecule has 2 heterocycles. The van der Waals surface area contributed by atoms with Crippen LogP contribution in [0.25, 0.3) is 10.8 Å². The van der Waals surface area contributed by atoms with Gasteiger partial charge >= 0.3 is 0 Å². The number of nitrogens with zero attached hydrogens (tertiary/aromatic N) is 2. The van der Waals surface area contributed by atoms with E-state index in [1.807, 2.05) is 17.5 Å². The predicted octanol–water partition coefficient (Wildman–Crippen LogP) is 2.38. The van der Waals surface area contributed by atoms with Crippen LogP contribution >= 0.6 is 23.1 Å². The number of aromatic nitrogens is 2. The lowest BCUT2D eigenvalue weighted by molar-refractivity contribution is 0.529. The van der Waals surface area contributed by atoms with Crippen molar-refractivity contribution in [3.63, 3.8) is 0 Å². The van der Waals surface area contributed by atoms with E-state index in [-0.39, 0.29) is 0 Å². The Balaban J connectivity index is 1.88. The van der Waals surface area contributed by atoms with Gasteiger partial charge in [-0.2, -0.15) is 11.8 Å². The Bertz CT molecular complexity index is 413. The van der Waals surface area contributed by atoms with Crippen molar-refractivity contribution < 1.29 is 4.42 Å². The van der Waals surface area contributed by atoms with Crippen molar-refractivity contribution in [2.45, 2.75) is 12.2 Å². The number of hydrogen-bond acceptors (Lipinski definition) is 6. The van der Waals surface area contributed by atoms with Gasteiger partial charge in [-0.3, -0.25) is 0 Å². The molecule has 0 atom stereocenters. The second-order valence-electron chi connectivity index (χ2n) is 3.17. The lowest BCUT2D eigenvalue weighted by atomic mass is 10.5. The average Bonchev–Trinajstić information content (AvgIpc) is 2.94. The van der Waals surface area contributed by atoms with Crippen LogP contribution in [0.4, 0.5) is 0 Å². The monoisotopic (exact) mass is 255 g/mol. The smallest absolute Gasteiger partial charge is 0.257 e. The van der Waals surface area contributed by atoms with Gasteiger partial charge in [-0.25, -0.2) is 0 Å². The van der Waals surface area contributed by atoms with Crippen molar-refractivity contribution in [1.82, 2.24) is 10.2 Å². The molecule has 0 aliphatic heterocycles. The fourth-order valence-electron chi connectivity index (χ4n) is 1.16. The Labute approximate surface area is 102 Å². The van der Waals surface area contributed by atoms with E-state index in [4.69, 9.17) is 10.2 Å². The molecule has 0 bridgehead atoms. The van der Waals surface area contributed by atoms with Crippen LogP contribution in [-0.4, -0.2) is 22.5 Å². The van der Waals surface area contributed by atoms with Gasteiger partial charge in [0.25, 0.3) is 5.89 Å². The highest BCUT2D eigenvalue weighted by molar-refractivity contribution is 7.98. The van der Waals surface area contributed by atoms with Crippen LogP contribution in [0, 0.1) is 0 Å². The number of thioether (sulfide) groups is 1. The normalized spacial score (nSPS) is 10.8. The first kappa shape index (κ1) is 11.6. The molecule has 0 unspecified atom stereocenters. The maximum Gasteiger partial charge on any atom is 0.257 e. The van der Waals surface area contributed by atoms with E-state index >= 15 is 0 Å². The lowest BCUT2D eigenvalue weighted by Crippen LogP contribution is -1.99. The number of thiophene rings is 1. The zero-order chi connectivity index (χ0) is 11.2. The number of hydrogen-bond donors (Lipinski definition) is 1. The second-order valence-corrected chi connectivity index (χ2v) is 5.23. The highest BCUT2D eigenvalue weighted by atomic mass is 32.2. The second kappa shape index (κ2) is 6.03. The highest BCUT2D eigenvalue weighted by Gasteiger charge is 2.08. The average molecular weight is 255 g/mol. The van der Waals surface area contributed by atoms with Crippen molar-refractivity contribution >= 4 is 23.1 Å². The highest BCUT2D eigenvalue weighted by Crippen LogP contribution is 2.24. The van der Waals surface area contributed by atoms with Crippen molar-refractivity contribution in [1.29, 1.82) is 0 Å². The molecule has 2 aromatic rings. The van der Waals surface area contributed by atoms with E-state index in [9.17, 15) is 0 Å². The summed E-state index contributed by atoms with van der Waals surface area (Å²) in [6.45, 7) is 0.733. The lowest BCUT2D eigenvalue weighted by Gasteiger charge is -1.94. The molecular weight excluding hydrogens is 242 g/mol. The summed E-state index contributed by atoms with van der Waals surface area (Å²) in [5.41, 5.74) is 5.41. The van der Waals surface area contributed by atoms with Gasteiger partial charge in [0.2, 0.25) is 5.89 Å². The Morgan fingerprint density at radius 3 is 3.12 bits per heavy atom. The summed E-state index contributed by atoms with van der Waals surface area (Å²) >= 11 is 3.37. The first-order valence-electron chi connectivity index (χ1n) is 5.04. The third kappa shape index (κ3) is 3.07. The third-order valence-corrected chi connectivity index (χ3v) is 3.80. The first-order valence-corrected chi connectivity index (χ1v) is 7.07. The fourth-order valence-corrected chi connectivity index (χ4v) is 2.61. The van der Waals surface area contributed by atoms with Gasteiger partial charge in [0.15, 0.2) is 0 Å². The van der Waals surface area contributed by atoms with Crippen molar-refractivity contribution in [3.05, 3.63) is 23.4 Å². The summed E-state index contributed by atoms with van der Waals surface area (Å²) in [5.74, 6) is 3.10. The molecule has 0 saturated heterocycles. The maximum absolute atomic E-state index is 5.54. The fraction of sp³-hybridized carbons (Fsp3) is 0.400. The van der Waals surface area contributed by atoms with Gasteiger partial charge in [0.05, 0.1) is 10.6 Å². The van der Waals surface area contributed by atoms with Gasteiger partial charge in [-0.1, -0.05) is 6.07 Å². The molecule has 6 heteroatoms. The molecule has 86 valence electrons. The molecule has 2 aromatic heterocycles. The molecular formula is C10H13N3OS2. The molecule has 0 aromatic carbocycles. The van der Waals surface area contributed by atoms with Gasteiger partial charge in [-0.15, -0.1) is 21.5 Å². The van der Waals surface area contributed by atoms with Crippen molar-refractivity contribution in [3.8, 4) is 10.8 Å². The van der Waals surface area contributed by atoms with Crippen LogP contribution in [0.2, 0.25) is 0 Å². The molecule has 2 N–H and O–H groups in total. The largest absolute Gasteiger partial charge is 0.419 e. The molecule has 0 aliphatic carbocycles. The quantitative estimate of drug-likeness (QED) is 0.803. The summed E-state index contributed by atoms with van der Waals surface area (Å²) in [7, 11) is 0. The molecule has 0 fully saturated rings. The van der Waals surface area contributed by atoms with Gasteiger partial charge < -0.3 is 10.2 Å². The zero-order valence-electron chi connectivity index (χ0n) is 8.76. The van der Waals surface area contributed by atoms with Gasteiger partial charge in [0.1, 0.15) is 0 Å². The van der Waals surface area contributed by atoms with E-state index in [0.717, 1.165) is 29.3 Å². The molecule has 0 amide bonds. The van der Waals surface area contributed by atoms with Gasteiger partial charge in [0, 0.05) is 0 Å². The van der Waals surface area contributed by atoms with E-state index in [1.165, 1.54) is 0 Å². The summed E-state index contributed by atoms with van der Waals surface area (Å²) in [5, 5.41) is 10.0. The molecule has 0 spiro atoms. The van der Waals surface area contributed by atoms with Crippen LogP contribution in [0.1, 0.15) is 12.3 Å². The Morgan fingerprint density at radius 2 is 2.38 bits per heavy atom. The molecule has 0 saturated carbocycles. The van der Waals surface area contributed by atoms with Gasteiger partial charge in [-0.05, 0) is 30.2 Å². The maximum atomic E-state index is 5.54. The minimum atomic E-state index is 0.615. The first-order chi connectivity index (χ1) is 7.90. The summed E-state index contributed by atoms with van der Waals surface area (Å²) in [4.78, 5) is 1.02. The minimum Gasteiger partial charge on any atom is -0.419 e. The van der Waals surface area contributed by atoms with E-state index in [2.05, 4.69) is 10.2 Å². The topological polar surface area (TPSA) is 64.9 Å². The number of rotatable bonds is 6. The Hall–Kier alpha value is -0.850. The van der Waals surface area contributed by atoms with Crippen LogP contribution in [0.5, 0.6) is 0 Å². The van der Waals surface area contributed by atoms with Crippen LogP contribution in [-0.2, 0) is 5.75 Å². The van der Waals surface area contributed by atoms with Crippen molar-refractivity contribution in [2.24, 2.45) is 5.73 Å². The summed E-state index contributed by atoms with van der Waals surface area (Å²) < 4.78 is 5.54. The minimum absolute atomic E-state index is 0.615. The molecule has 0 aliphatic rings. The third-order valence-electron chi connectivity index (χ3n) is 1.92.